The number of benzene rings is 2. The fraction of sp³-hybridized carbons (Fsp3) is 0.273. The molecule has 0 spiro atoms. The summed E-state index contributed by atoms with van der Waals surface area (Å²) in [4.78, 5) is 13.3. The molecule has 0 unspecified atom stereocenters. The Balaban J connectivity index is 1.73. The summed E-state index contributed by atoms with van der Waals surface area (Å²) in [5, 5.41) is 27.9. The lowest BCUT2D eigenvalue weighted by Gasteiger charge is -2.31. The number of anilines is 1. The SMILES string of the molecule is Cc1nnc2c3ccccc3c(N[C@@H](C)[C@H](c3ccc(C(=O)O)cc3)N(C)C)nn12. The molecule has 2 heterocycles. The minimum absolute atomic E-state index is 0.00566. The Morgan fingerprint density at radius 3 is 2.37 bits per heavy atom. The zero-order chi connectivity index (χ0) is 21.4. The van der Waals surface area contributed by atoms with Crippen LogP contribution in [-0.4, -0.2) is 55.9 Å². The lowest BCUT2D eigenvalue weighted by Crippen LogP contribution is -2.35. The zero-order valence-electron chi connectivity index (χ0n) is 17.4. The molecule has 2 aromatic heterocycles. The molecule has 0 radical (unpaired) electrons. The molecule has 2 N–H and O–H groups in total. The highest BCUT2D eigenvalue weighted by Gasteiger charge is 2.23. The highest BCUT2D eigenvalue weighted by Crippen LogP contribution is 2.29. The molecule has 8 nitrogen and oxygen atoms in total. The number of aryl methyl sites for hydroxylation is 1. The van der Waals surface area contributed by atoms with Crippen LogP contribution >= 0.6 is 0 Å². The predicted octanol–water partition coefficient (Wildman–Crippen LogP) is 3.39. The van der Waals surface area contributed by atoms with Gasteiger partial charge in [-0.25, -0.2) is 4.79 Å². The molecule has 2 aromatic carbocycles. The molecular formula is C22H24N6O2. The Bertz CT molecular complexity index is 1220. The van der Waals surface area contributed by atoms with Crippen molar-refractivity contribution in [1.82, 2.24) is 24.7 Å². The summed E-state index contributed by atoms with van der Waals surface area (Å²) in [5.41, 5.74) is 2.03. The second-order valence-corrected chi connectivity index (χ2v) is 7.65. The van der Waals surface area contributed by atoms with Crippen LogP contribution in [0.2, 0.25) is 0 Å². The van der Waals surface area contributed by atoms with Crippen LogP contribution in [0.4, 0.5) is 5.82 Å². The summed E-state index contributed by atoms with van der Waals surface area (Å²) < 4.78 is 1.75. The number of aromatic nitrogens is 4. The molecular weight excluding hydrogens is 380 g/mol. The number of carboxylic acids is 1. The van der Waals surface area contributed by atoms with E-state index in [2.05, 4.69) is 27.3 Å². The summed E-state index contributed by atoms with van der Waals surface area (Å²) in [6.45, 7) is 3.97. The number of likely N-dealkylation sites (N-methyl/N-ethyl adjacent to an activating group) is 1. The molecule has 30 heavy (non-hydrogen) atoms. The van der Waals surface area contributed by atoms with Crippen molar-refractivity contribution < 1.29 is 9.90 Å². The molecule has 0 fully saturated rings. The van der Waals surface area contributed by atoms with Crippen LogP contribution in [0.3, 0.4) is 0 Å². The van der Waals surface area contributed by atoms with Crippen LogP contribution in [0.25, 0.3) is 16.4 Å². The molecule has 0 aliphatic rings. The lowest BCUT2D eigenvalue weighted by atomic mass is 9.98. The summed E-state index contributed by atoms with van der Waals surface area (Å²) in [7, 11) is 4.01. The zero-order valence-corrected chi connectivity index (χ0v) is 17.4. The van der Waals surface area contributed by atoms with E-state index < -0.39 is 5.97 Å². The van der Waals surface area contributed by atoms with Gasteiger partial charge in [-0.05, 0) is 45.6 Å². The summed E-state index contributed by atoms with van der Waals surface area (Å²) in [5.74, 6) is 0.546. The molecule has 0 amide bonds. The van der Waals surface area contributed by atoms with Gasteiger partial charge in [0.2, 0.25) is 0 Å². The van der Waals surface area contributed by atoms with E-state index in [-0.39, 0.29) is 17.6 Å². The van der Waals surface area contributed by atoms with Crippen LogP contribution in [-0.2, 0) is 0 Å². The topological polar surface area (TPSA) is 95.6 Å². The number of carbonyl (C=O) groups is 1. The number of fused-ring (bicyclic) bond motifs is 3. The number of carboxylic acid groups (broad SMARTS) is 1. The number of hydrogen-bond acceptors (Lipinski definition) is 6. The van der Waals surface area contributed by atoms with Crippen molar-refractivity contribution in [2.24, 2.45) is 0 Å². The Morgan fingerprint density at radius 2 is 1.73 bits per heavy atom. The second kappa shape index (κ2) is 7.72. The first-order valence-electron chi connectivity index (χ1n) is 9.74. The predicted molar refractivity (Wildman–Crippen MR) is 116 cm³/mol. The van der Waals surface area contributed by atoms with E-state index in [1.54, 1.807) is 16.6 Å². The van der Waals surface area contributed by atoms with Crippen LogP contribution in [0.1, 0.15) is 34.7 Å². The third kappa shape index (κ3) is 3.46. The number of rotatable bonds is 6. The highest BCUT2D eigenvalue weighted by atomic mass is 16.4. The Morgan fingerprint density at radius 1 is 1.07 bits per heavy atom. The maximum Gasteiger partial charge on any atom is 0.335 e. The smallest absolute Gasteiger partial charge is 0.335 e. The lowest BCUT2D eigenvalue weighted by molar-refractivity contribution is 0.0697. The molecule has 4 aromatic rings. The van der Waals surface area contributed by atoms with Gasteiger partial charge >= 0.3 is 5.97 Å². The molecule has 4 rings (SSSR count). The number of nitrogens with zero attached hydrogens (tertiary/aromatic N) is 5. The van der Waals surface area contributed by atoms with Gasteiger partial charge in [0.25, 0.3) is 0 Å². The summed E-state index contributed by atoms with van der Waals surface area (Å²) >= 11 is 0. The first kappa shape index (κ1) is 19.8. The number of hydrogen-bond donors (Lipinski definition) is 2. The Hall–Kier alpha value is -3.52. The maximum atomic E-state index is 11.2. The first-order chi connectivity index (χ1) is 14.4. The highest BCUT2D eigenvalue weighted by molar-refractivity contribution is 5.99. The normalized spacial score (nSPS) is 13.6. The van der Waals surface area contributed by atoms with Crippen molar-refractivity contribution >= 4 is 28.2 Å². The van der Waals surface area contributed by atoms with Crippen LogP contribution in [0.15, 0.2) is 48.5 Å². The standard InChI is InChI=1S/C22H24N6O2/c1-13(19(27(3)4)15-9-11-16(12-10-15)22(29)30)23-20-17-7-5-6-8-18(17)21-25-24-14(2)28(21)26-20/h5-13,19H,1-4H3,(H,23,26)(H,29,30)/t13-,19+/m0/s1. The average molecular weight is 404 g/mol. The molecule has 0 bridgehead atoms. The van der Waals surface area contributed by atoms with Gasteiger partial charge in [-0.15, -0.1) is 15.3 Å². The van der Waals surface area contributed by atoms with E-state index in [4.69, 9.17) is 5.10 Å². The van der Waals surface area contributed by atoms with Gasteiger partial charge in [0.05, 0.1) is 11.6 Å². The third-order valence-corrected chi connectivity index (χ3v) is 5.31. The minimum atomic E-state index is -0.928. The summed E-state index contributed by atoms with van der Waals surface area (Å²) in [6, 6.07) is 15.0. The molecule has 154 valence electrons. The first-order valence-corrected chi connectivity index (χ1v) is 9.74. The van der Waals surface area contributed by atoms with Crippen LogP contribution in [0, 0.1) is 6.92 Å². The monoisotopic (exact) mass is 404 g/mol. The van der Waals surface area contributed by atoms with Gasteiger partial charge in [-0.3, -0.25) is 0 Å². The van der Waals surface area contributed by atoms with Crippen molar-refractivity contribution in [1.29, 1.82) is 0 Å². The van der Waals surface area contributed by atoms with Crippen molar-refractivity contribution in [2.75, 3.05) is 19.4 Å². The number of aromatic carboxylic acids is 1. The van der Waals surface area contributed by atoms with Crippen molar-refractivity contribution in [2.45, 2.75) is 25.9 Å². The van der Waals surface area contributed by atoms with Crippen LogP contribution in [0.5, 0.6) is 0 Å². The third-order valence-electron chi connectivity index (χ3n) is 5.31. The van der Waals surface area contributed by atoms with E-state index in [0.29, 0.717) is 0 Å². The molecule has 0 saturated heterocycles. The molecule has 0 aliphatic heterocycles. The fourth-order valence-corrected chi connectivity index (χ4v) is 3.94. The van der Waals surface area contributed by atoms with E-state index in [1.807, 2.05) is 57.4 Å². The van der Waals surface area contributed by atoms with E-state index >= 15 is 0 Å². The van der Waals surface area contributed by atoms with Gasteiger partial charge in [0, 0.05) is 16.8 Å². The van der Waals surface area contributed by atoms with Gasteiger partial charge < -0.3 is 15.3 Å². The number of nitrogens with one attached hydrogen (secondary N) is 1. The maximum absolute atomic E-state index is 11.2. The Labute approximate surface area is 174 Å². The minimum Gasteiger partial charge on any atom is -0.478 e. The van der Waals surface area contributed by atoms with E-state index in [9.17, 15) is 9.90 Å². The van der Waals surface area contributed by atoms with Crippen molar-refractivity contribution in [3.8, 4) is 0 Å². The van der Waals surface area contributed by atoms with Gasteiger partial charge in [-0.2, -0.15) is 4.52 Å². The molecule has 0 saturated carbocycles. The van der Waals surface area contributed by atoms with Crippen molar-refractivity contribution in [3.63, 3.8) is 0 Å². The van der Waals surface area contributed by atoms with E-state index in [0.717, 1.165) is 33.6 Å². The quantitative estimate of drug-likeness (QED) is 0.508. The molecule has 0 aliphatic carbocycles. The van der Waals surface area contributed by atoms with Gasteiger partial charge in [0.15, 0.2) is 17.3 Å². The average Bonchev–Trinajstić information content (AvgIpc) is 3.09. The largest absolute Gasteiger partial charge is 0.478 e. The van der Waals surface area contributed by atoms with Gasteiger partial charge in [-0.1, -0.05) is 36.4 Å². The molecule has 8 heteroatoms. The van der Waals surface area contributed by atoms with Crippen molar-refractivity contribution in [3.05, 3.63) is 65.5 Å². The van der Waals surface area contributed by atoms with Crippen LogP contribution < -0.4 is 5.32 Å². The fourth-order valence-electron chi connectivity index (χ4n) is 3.94. The van der Waals surface area contributed by atoms with E-state index in [1.165, 1.54) is 0 Å². The second-order valence-electron chi connectivity index (χ2n) is 7.65. The van der Waals surface area contributed by atoms with Gasteiger partial charge in [0.1, 0.15) is 0 Å². The molecule has 2 atom stereocenters. The summed E-state index contributed by atoms with van der Waals surface area (Å²) in [6.07, 6.45) is 0. The Kier molecular flexibility index (Phi) is 5.09.